The molecule has 0 fully saturated rings. The van der Waals surface area contributed by atoms with Crippen LogP contribution >= 0.6 is 11.8 Å². The maximum Gasteiger partial charge on any atom is 0.232 e. The van der Waals surface area contributed by atoms with Gasteiger partial charge in [-0.3, -0.25) is 4.79 Å². The number of likely N-dealkylation sites (N-methyl/N-ethyl adjacent to an activating group) is 1. The van der Waals surface area contributed by atoms with Gasteiger partial charge in [0.25, 0.3) is 0 Å². The molecule has 0 radical (unpaired) electrons. The molecular formula is C14H20FNO2S. The Balaban J connectivity index is 2.32. The van der Waals surface area contributed by atoms with Crippen LogP contribution in [0.3, 0.4) is 0 Å². The number of aliphatic hydroxyl groups is 1. The fourth-order valence-corrected chi connectivity index (χ4v) is 2.54. The number of nitrogens with zero attached hydrogens (tertiary/aromatic N) is 1. The second-order valence-corrected chi connectivity index (χ2v) is 6.17. The van der Waals surface area contributed by atoms with Gasteiger partial charge in [0.05, 0.1) is 11.4 Å². The third-order valence-corrected chi connectivity index (χ3v) is 3.45. The molecule has 0 unspecified atom stereocenters. The molecule has 0 aliphatic rings. The first-order valence-corrected chi connectivity index (χ1v) is 7.22. The summed E-state index contributed by atoms with van der Waals surface area (Å²) in [6.07, 6.45) is 0. The number of halogens is 1. The molecule has 106 valence electrons. The molecule has 1 aromatic carbocycles. The summed E-state index contributed by atoms with van der Waals surface area (Å²) in [7, 11) is 1.68. The second-order valence-electron chi connectivity index (χ2n) is 5.18. The van der Waals surface area contributed by atoms with Crippen molar-refractivity contribution >= 4 is 17.7 Å². The number of carbonyl (C=O) groups excluding carboxylic acids is 1. The quantitative estimate of drug-likeness (QED) is 0.872. The van der Waals surface area contributed by atoms with Crippen molar-refractivity contribution in [2.24, 2.45) is 0 Å². The van der Waals surface area contributed by atoms with Gasteiger partial charge in [0.2, 0.25) is 5.91 Å². The minimum absolute atomic E-state index is 0.0192. The first kappa shape index (κ1) is 16.0. The number of carbonyl (C=O) groups is 1. The minimum Gasteiger partial charge on any atom is -0.389 e. The highest BCUT2D eigenvalue weighted by atomic mass is 32.2. The van der Waals surface area contributed by atoms with E-state index in [0.29, 0.717) is 18.1 Å². The number of benzene rings is 1. The van der Waals surface area contributed by atoms with Crippen LogP contribution in [0, 0.1) is 5.82 Å². The number of hydrogen-bond acceptors (Lipinski definition) is 3. The summed E-state index contributed by atoms with van der Waals surface area (Å²) >= 11 is 1.48. The van der Waals surface area contributed by atoms with Crippen molar-refractivity contribution in [2.75, 3.05) is 19.3 Å². The summed E-state index contributed by atoms with van der Waals surface area (Å²) < 4.78 is 12.7. The Morgan fingerprint density at radius 2 is 1.95 bits per heavy atom. The standard InChI is InChI=1S/C14H20FNO2S/c1-14(2,18)10-16(3)13(17)9-19-8-11-4-6-12(15)7-5-11/h4-7,18H,8-10H2,1-3H3. The van der Waals surface area contributed by atoms with E-state index < -0.39 is 5.60 Å². The largest absolute Gasteiger partial charge is 0.389 e. The van der Waals surface area contributed by atoms with E-state index in [1.807, 2.05) is 0 Å². The fraction of sp³-hybridized carbons (Fsp3) is 0.500. The van der Waals surface area contributed by atoms with Crippen LogP contribution in [0.2, 0.25) is 0 Å². The molecule has 1 N–H and O–H groups in total. The van der Waals surface area contributed by atoms with Gasteiger partial charge < -0.3 is 10.0 Å². The lowest BCUT2D eigenvalue weighted by molar-refractivity contribution is -0.129. The molecular weight excluding hydrogens is 265 g/mol. The average Bonchev–Trinajstić information content (AvgIpc) is 2.29. The SMILES string of the molecule is CN(CC(C)(C)O)C(=O)CSCc1ccc(F)cc1. The Bertz CT molecular complexity index is 414. The van der Waals surface area contributed by atoms with Gasteiger partial charge in [-0.05, 0) is 31.5 Å². The summed E-state index contributed by atoms with van der Waals surface area (Å²) in [5.41, 5.74) is 0.107. The smallest absolute Gasteiger partial charge is 0.232 e. The minimum atomic E-state index is -0.883. The van der Waals surface area contributed by atoms with Crippen LogP contribution in [-0.2, 0) is 10.5 Å². The van der Waals surface area contributed by atoms with Crippen molar-refractivity contribution in [1.29, 1.82) is 0 Å². The zero-order chi connectivity index (χ0) is 14.5. The zero-order valence-corrected chi connectivity index (χ0v) is 12.3. The molecule has 3 nitrogen and oxygen atoms in total. The molecule has 0 aromatic heterocycles. The molecule has 0 atom stereocenters. The van der Waals surface area contributed by atoms with Crippen LogP contribution in [0.4, 0.5) is 4.39 Å². The van der Waals surface area contributed by atoms with Gasteiger partial charge in [0.15, 0.2) is 0 Å². The summed E-state index contributed by atoms with van der Waals surface area (Å²) in [5, 5.41) is 9.63. The van der Waals surface area contributed by atoms with Crippen LogP contribution in [0.25, 0.3) is 0 Å². The van der Waals surface area contributed by atoms with Crippen molar-refractivity contribution < 1.29 is 14.3 Å². The van der Waals surface area contributed by atoms with Crippen molar-refractivity contribution in [2.45, 2.75) is 25.2 Å². The molecule has 0 aliphatic carbocycles. The average molecular weight is 285 g/mol. The lowest BCUT2D eigenvalue weighted by atomic mass is 10.1. The molecule has 0 bridgehead atoms. The van der Waals surface area contributed by atoms with Gasteiger partial charge in [-0.1, -0.05) is 12.1 Å². The normalized spacial score (nSPS) is 11.4. The van der Waals surface area contributed by atoms with E-state index in [1.54, 1.807) is 33.0 Å². The van der Waals surface area contributed by atoms with E-state index in [4.69, 9.17) is 0 Å². The first-order chi connectivity index (χ1) is 8.78. The van der Waals surface area contributed by atoms with Crippen molar-refractivity contribution in [3.8, 4) is 0 Å². The van der Waals surface area contributed by atoms with Gasteiger partial charge in [0, 0.05) is 19.3 Å². The van der Waals surface area contributed by atoms with E-state index in [2.05, 4.69) is 0 Å². The zero-order valence-electron chi connectivity index (χ0n) is 11.5. The third kappa shape index (κ3) is 6.59. The summed E-state index contributed by atoms with van der Waals surface area (Å²) in [5.74, 6) is 0.746. The molecule has 0 heterocycles. The summed E-state index contributed by atoms with van der Waals surface area (Å²) in [6.45, 7) is 3.65. The molecule has 0 spiro atoms. The lowest BCUT2D eigenvalue weighted by Gasteiger charge is -2.25. The Morgan fingerprint density at radius 3 is 2.47 bits per heavy atom. The molecule has 1 rings (SSSR count). The van der Waals surface area contributed by atoms with Crippen LogP contribution in [0.15, 0.2) is 24.3 Å². The first-order valence-electron chi connectivity index (χ1n) is 6.06. The van der Waals surface area contributed by atoms with E-state index in [1.165, 1.54) is 28.8 Å². The highest BCUT2D eigenvalue weighted by Gasteiger charge is 2.18. The maximum atomic E-state index is 12.7. The van der Waals surface area contributed by atoms with Crippen LogP contribution in [-0.4, -0.2) is 40.9 Å². The number of thioether (sulfide) groups is 1. The van der Waals surface area contributed by atoms with Crippen LogP contribution < -0.4 is 0 Å². The fourth-order valence-electron chi connectivity index (χ4n) is 1.62. The van der Waals surface area contributed by atoms with Crippen molar-refractivity contribution in [1.82, 2.24) is 4.90 Å². The molecule has 1 aromatic rings. The predicted molar refractivity (Wildman–Crippen MR) is 76.5 cm³/mol. The van der Waals surface area contributed by atoms with E-state index >= 15 is 0 Å². The lowest BCUT2D eigenvalue weighted by Crippen LogP contribution is -2.40. The highest BCUT2D eigenvalue weighted by Crippen LogP contribution is 2.14. The maximum absolute atomic E-state index is 12.7. The van der Waals surface area contributed by atoms with E-state index in [0.717, 1.165) is 5.56 Å². The van der Waals surface area contributed by atoms with Crippen molar-refractivity contribution in [3.63, 3.8) is 0 Å². The van der Waals surface area contributed by atoms with Gasteiger partial charge in [0.1, 0.15) is 5.82 Å². The van der Waals surface area contributed by atoms with Gasteiger partial charge in [-0.2, -0.15) is 0 Å². The van der Waals surface area contributed by atoms with Crippen molar-refractivity contribution in [3.05, 3.63) is 35.6 Å². The van der Waals surface area contributed by atoms with Gasteiger partial charge >= 0.3 is 0 Å². The van der Waals surface area contributed by atoms with Crippen LogP contribution in [0.5, 0.6) is 0 Å². The summed E-state index contributed by atoms with van der Waals surface area (Å²) in [4.78, 5) is 13.3. The highest BCUT2D eigenvalue weighted by molar-refractivity contribution is 7.99. The number of rotatable bonds is 6. The second kappa shape index (κ2) is 6.91. The molecule has 1 amide bonds. The Kier molecular flexibility index (Phi) is 5.82. The van der Waals surface area contributed by atoms with E-state index in [-0.39, 0.29) is 11.7 Å². The Labute approximate surface area is 117 Å². The number of hydrogen-bond donors (Lipinski definition) is 1. The Hall–Kier alpha value is -1.07. The molecule has 5 heteroatoms. The molecule has 0 saturated heterocycles. The van der Waals surface area contributed by atoms with Crippen LogP contribution in [0.1, 0.15) is 19.4 Å². The predicted octanol–water partition coefficient (Wildman–Crippen LogP) is 2.29. The van der Waals surface area contributed by atoms with Gasteiger partial charge in [-0.25, -0.2) is 4.39 Å². The number of amides is 1. The Morgan fingerprint density at radius 1 is 1.37 bits per heavy atom. The topological polar surface area (TPSA) is 40.5 Å². The summed E-state index contributed by atoms with van der Waals surface area (Å²) in [6, 6.07) is 6.26. The third-order valence-electron chi connectivity index (χ3n) is 2.46. The monoisotopic (exact) mass is 285 g/mol. The van der Waals surface area contributed by atoms with Gasteiger partial charge in [-0.15, -0.1) is 11.8 Å². The van der Waals surface area contributed by atoms with E-state index in [9.17, 15) is 14.3 Å². The molecule has 0 aliphatic heterocycles. The molecule has 19 heavy (non-hydrogen) atoms. The molecule has 0 saturated carbocycles.